The second-order valence-corrected chi connectivity index (χ2v) is 23.6. The molecule has 4 fully saturated rings. The van der Waals surface area contributed by atoms with E-state index in [-0.39, 0.29) is 49.1 Å². The Kier molecular flexibility index (Phi) is 30.8. The molecule has 4 saturated carbocycles. The summed E-state index contributed by atoms with van der Waals surface area (Å²) in [6.45, 7) is 0.494. The van der Waals surface area contributed by atoms with Crippen LogP contribution in [0.5, 0.6) is 0 Å². The van der Waals surface area contributed by atoms with Crippen LogP contribution in [0, 0.1) is 17.2 Å². The molecule has 0 bridgehead atoms. The van der Waals surface area contributed by atoms with Gasteiger partial charge < -0.3 is 26.2 Å². The molecule has 5 aromatic rings. The zero-order valence-corrected chi connectivity index (χ0v) is 51.8. The van der Waals surface area contributed by atoms with Gasteiger partial charge in [-0.2, -0.15) is 44.8 Å². The Balaban J connectivity index is 0.000000208. The minimum absolute atomic E-state index is 0.0686. The number of pyridine rings is 5. The van der Waals surface area contributed by atoms with E-state index in [0.29, 0.717) is 77.8 Å². The van der Waals surface area contributed by atoms with E-state index in [0.717, 1.165) is 90.4 Å². The molecule has 89 heavy (non-hydrogen) atoms. The van der Waals surface area contributed by atoms with E-state index in [4.69, 9.17) is 51.5 Å². The lowest BCUT2D eigenvalue weighted by atomic mass is 9.85. The Morgan fingerprint density at radius 3 is 1.06 bits per heavy atom. The summed E-state index contributed by atoms with van der Waals surface area (Å²) in [5.74, 6) is -4.38. The van der Waals surface area contributed by atoms with Crippen molar-refractivity contribution in [1.82, 2.24) is 39.6 Å². The van der Waals surface area contributed by atoms with Gasteiger partial charge >= 0.3 is 36.3 Å². The molecule has 0 radical (unpaired) electrons. The van der Waals surface area contributed by atoms with Gasteiger partial charge in [0.25, 0.3) is 0 Å². The standard InChI is InChI=1S/C15H20F3N3O.C15H16F3N3O.C14H16ClF3N2O.C13H18ClN.C6H7ClN2/c2*16-15(17,18)14(22)21(13-4-2-1-3-5-13)10-11-6-7-12(8-19)20-9-11;15-12-7-6-10(8-19-12)9-20(13(21)14(16,17)18)11-4-2-1-3-5-11;14-13-9-8-12(10-15-13)7-6-11-4-2-1-3-5-11;7-6-2-1-5(3-8)4-9-6/h6-7,9,13H,1-5,8,10,19H2;6-7,9,13H,1-5,10H2;6-8,11H,1-5,9H2;8-11H,1-7H2;1-2,4H,3,8H2. The number of hydrogen-bond acceptors (Lipinski definition) is 11. The molecule has 26 heteroatoms. The Morgan fingerprint density at radius 1 is 0.438 bits per heavy atom. The SMILES string of the molecule is Clc1ccc(CCC2CCCCC2)cn1.N#Cc1ccc(CN(C(=O)C(F)(F)F)C2CCCCC2)cn1.NCc1ccc(CN(C(=O)C(F)(F)F)C2CCCCC2)cn1.NCc1ccc(Cl)nc1.O=C(N(Cc1ccc(Cl)nc1)C1CCCCC1)C(F)(F)F. The van der Waals surface area contributed by atoms with E-state index in [2.05, 4.69) is 31.0 Å². The Morgan fingerprint density at radius 2 is 0.764 bits per heavy atom. The molecule has 0 aliphatic heterocycles. The molecule has 0 spiro atoms. The lowest BCUT2D eigenvalue weighted by Gasteiger charge is -2.34. The van der Waals surface area contributed by atoms with E-state index in [1.54, 1.807) is 30.5 Å². The van der Waals surface area contributed by atoms with Crippen LogP contribution >= 0.6 is 34.8 Å². The third-order valence-corrected chi connectivity index (χ3v) is 16.5. The molecule has 5 heterocycles. The van der Waals surface area contributed by atoms with Gasteiger partial charge in [0.1, 0.15) is 27.2 Å². The molecular weight excluding hydrogens is 1240 g/mol. The third kappa shape index (κ3) is 26.3. The molecule has 4 N–H and O–H groups in total. The second-order valence-electron chi connectivity index (χ2n) is 22.4. The summed E-state index contributed by atoms with van der Waals surface area (Å²) in [5.41, 5.74) is 15.6. The third-order valence-electron chi connectivity index (χ3n) is 15.8. The number of nitrogens with zero attached hydrogens (tertiary/aromatic N) is 9. The summed E-state index contributed by atoms with van der Waals surface area (Å²) in [6, 6.07) is 17.7. The maximum absolute atomic E-state index is 12.9. The largest absolute Gasteiger partial charge is 0.471 e. The molecule has 9 rings (SSSR count). The molecule has 486 valence electrons. The number of aryl methyl sites for hydroxylation is 1. The van der Waals surface area contributed by atoms with Gasteiger partial charge in [-0.3, -0.25) is 19.4 Å². The van der Waals surface area contributed by atoms with Crippen LogP contribution < -0.4 is 11.5 Å². The maximum atomic E-state index is 12.9. The molecule has 0 unspecified atom stereocenters. The number of alkyl halides is 9. The van der Waals surface area contributed by atoms with Crippen molar-refractivity contribution in [3.05, 3.63) is 146 Å². The summed E-state index contributed by atoms with van der Waals surface area (Å²) in [5, 5.41) is 10.1. The quantitative estimate of drug-likeness (QED) is 0.0791. The predicted octanol–water partition coefficient (Wildman–Crippen LogP) is 15.3. The fourth-order valence-electron chi connectivity index (χ4n) is 11.0. The fraction of sp³-hybridized carbons (Fsp3) is 0.540. The predicted molar refractivity (Wildman–Crippen MR) is 322 cm³/mol. The van der Waals surface area contributed by atoms with E-state index < -0.39 is 42.3 Å². The lowest BCUT2D eigenvalue weighted by molar-refractivity contribution is -0.189. The minimum Gasteiger partial charge on any atom is -0.328 e. The first kappa shape index (κ1) is 73.5. The highest BCUT2D eigenvalue weighted by molar-refractivity contribution is 6.29. The number of carbonyl (C=O) groups excluding carboxylic acids is 3. The first-order valence-electron chi connectivity index (χ1n) is 30.0. The Bertz CT molecular complexity index is 2920. The number of carbonyl (C=O) groups is 3. The van der Waals surface area contributed by atoms with Crippen LogP contribution in [0.3, 0.4) is 0 Å². The van der Waals surface area contributed by atoms with Crippen LogP contribution in [0.1, 0.15) is 174 Å². The minimum atomic E-state index is -4.88. The first-order chi connectivity index (χ1) is 42.4. The van der Waals surface area contributed by atoms with Gasteiger partial charge in [0, 0.05) is 81.8 Å². The average molecular weight is 1310 g/mol. The Labute approximate surface area is 529 Å². The van der Waals surface area contributed by atoms with Gasteiger partial charge in [-0.15, -0.1) is 0 Å². The summed E-state index contributed by atoms with van der Waals surface area (Å²) >= 11 is 16.9. The summed E-state index contributed by atoms with van der Waals surface area (Å²) in [7, 11) is 0. The zero-order valence-electron chi connectivity index (χ0n) is 49.5. The molecule has 0 saturated heterocycles. The number of nitriles is 1. The first-order valence-corrected chi connectivity index (χ1v) is 31.1. The smallest absolute Gasteiger partial charge is 0.328 e. The van der Waals surface area contributed by atoms with Crippen molar-refractivity contribution in [2.24, 2.45) is 17.4 Å². The van der Waals surface area contributed by atoms with Crippen LogP contribution in [0.4, 0.5) is 39.5 Å². The van der Waals surface area contributed by atoms with Crippen LogP contribution in [-0.4, -0.2) is 94.0 Å². The molecule has 0 atom stereocenters. The molecular formula is C63H77Cl3F9N11O3. The van der Waals surface area contributed by atoms with Crippen molar-refractivity contribution in [2.75, 3.05) is 0 Å². The van der Waals surface area contributed by atoms with Crippen molar-refractivity contribution in [1.29, 1.82) is 5.26 Å². The van der Waals surface area contributed by atoms with Gasteiger partial charge in [0.05, 0.1) is 5.69 Å². The number of nitrogens with two attached hydrogens (primary N) is 2. The van der Waals surface area contributed by atoms with Crippen LogP contribution in [0.15, 0.2) is 91.6 Å². The van der Waals surface area contributed by atoms with E-state index in [1.807, 2.05) is 24.4 Å². The number of halogens is 12. The van der Waals surface area contributed by atoms with Gasteiger partial charge in [-0.05, 0) is 115 Å². The van der Waals surface area contributed by atoms with Crippen LogP contribution in [0.25, 0.3) is 0 Å². The average Bonchev–Trinajstić information content (AvgIpc) is 3.47. The van der Waals surface area contributed by atoms with Gasteiger partial charge in [0.2, 0.25) is 0 Å². The summed E-state index contributed by atoms with van der Waals surface area (Å²) in [4.78, 5) is 57.7. The van der Waals surface area contributed by atoms with Gasteiger partial charge in [-0.25, -0.2) is 19.9 Å². The van der Waals surface area contributed by atoms with Crippen molar-refractivity contribution in [3.63, 3.8) is 0 Å². The van der Waals surface area contributed by atoms with Gasteiger partial charge in [-0.1, -0.05) is 155 Å². The number of hydrogen-bond donors (Lipinski definition) is 2. The molecule has 3 amide bonds. The molecule has 4 aliphatic rings. The molecule has 4 aliphatic carbocycles. The normalized spacial score (nSPS) is 16.0. The highest BCUT2D eigenvalue weighted by Gasteiger charge is 2.47. The van der Waals surface area contributed by atoms with Crippen LogP contribution in [0.2, 0.25) is 15.5 Å². The fourth-order valence-corrected chi connectivity index (χ4v) is 11.4. The number of aromatic nitrogens is 5. The summed E-state index contributed by atoms with van der Waals surface area (Å²) in [6.07, 6.45) is 14.6. The van der Waals surface area contributed by atoms with Crippen molar-refractivity contribution < 1.29 is 53.9 Å². The highest BCUT2D eigenvalue weighted by Crippen LogP contribution is 2.33. The van der Waals surface area contributed by atoms with E-state index in [1.165, 1.54) is 80.9 Å². The Hall–Kier alpha value is -6.19. The second kappa shape index (κ2) is 37.2. The van der Waals surface area contributed by atoms with Crippen molar-refractivity contribution in [2.45, 2.75) is 211 Å². The topological polar surface area (TPSA) is 201 Å². The van der Waals surface area contributed by atoms with Crippen molar-refractivity contribution >= 4 is 52.5 Å². The zero-order chi connectivity index (χ0) is 65.0. The van der Waals surface area contributed by atoms with E-state index >= 15 is 0 Å². The summed E-state index contributed by atoms with van der Waals surface area (Å²) < 4.78 is 115. The monoisotopic (exact) mass is 1310 g/mol. The molecule has 5 aromatic heterocycles. The molecule has 0 aromatic carbocycles. The van der Waals surface area contributed by atoms with Crippen molar-refractivity contribution in [3.8, 4) is 6.07 Å². The lowest BCUT2D eigenvalue weighted by Crippen LogP contribution is -2.47. The number of amides is 3. The van der Waals surface area contributed by atoms with Gasteiger partial charge in [0.15, 0.2) is 0 Å². The maximum Gasteiger partial charge on any atom is 0.471 e. The van der Waals surface area contributed by atoms with E-state index in [9.17, 15) is 53.9 Å². The molecule has 14 nitrogen and oxygen atoms in total. The highest BCUT2D eigenvalue weighted by atomic mass is 35.5. The number of rotatable bonds is 14. The van der Waals surface area contributed by atoms with Crippen LogP contribution in [-0.2, 0) is 53.5 Å².